The van der Waals surface area contributed by atoms with Crippen molar-refractivity contribution in [1.82, 2.24) is 0 Å². The van der Waals surface area contributed by atoms with Crippen molar-refractivity contribution in [3.63, 3.8) is 0 Å². The molecule has 0 amide bonds. The van der Waals surface area contributed by atoms with Crippen molar-refractivity contribution in [3.8, 4) is 23.0 Å². The van der Waals surface area contributed by atoms with Crippen LogP contribution in [-0.2, 0) is 22.4 Å². The lowest BCUT2D eigenvalue weighted by atomic mass is 10.0. The Kier molecular flexibility index (Phi) is 5.21. The van der Waals surface area contributed by atoms with Gasteiger partial charge in [0.1, 0.15) is 0 Å². The third kappa shape index (κ3) is 3.69. The normalized spacial score (nSPS) is 19.2. The number of carbonyl (C=O) groups excluding carboxylic acids is 1. The van der Waals surface area contributed by atoms with E-state index in [4.69, 9.17) is 14.2 Å². The van der Waals surface area contributed by atoms with Crippen LogP contribution in [0, 0.1) is 11.8 Å². The second kappa shape index (κ2) is 7.56. The molecule has 0 spiro atoms. The van der Waals surface area contributed by atoms with Gasteiger partial charge in [0, 0.05) is 5.92 Å². The Morgan fingerprint density at radius 3 is 2.04 bits per heavy atom. The molecule has 26 heavy (non-hydrogen) atoms. The van der Waals surface area contributed by atoms with Crippen molar-refractivity contribution in [2.75, 3.05) is 20.8 Å². The summed E-state index contributed by atoms with van der Waals surface area (Å²) in [7, 11) is 2.99. The highest BCUT2D eigenvalue weighted by atomic mass is 16.7. The molecule has 138 valence electrons. The minimum absolute atomic E-state index is 0.0246. The van der Waals surface area contributed by atoms with Crippen molar-refractivity contribution in [3.05, 3.63) is 47.5 Å². The average molecular weight is 361 g/mol. The highest BCUT2D eigenvalue weighted by Gasteiger charge is 2.37. The quantitative estimate of drug-likeness (QED) is 0.608. The number of methoxy groups -OCH3 is 2. The maximum Gasteiger partial charge on any atom is 0.309 e. The van der Waals surface area contributed by atoms with Gasteiger partial charge in [-0.25, -0.2) is 0 Å². The third-order valence-corrected chi connectivity index (χ3v) is 4.75. The van der Waals surface area contributed by atoms with E-state index in [1.807, 2.05) is 6.07 Å². The summed E-state index contributed by atoms with van der Waals surface area (Å²) in [5.41, 5.74) is 1.87. The van der Waals surface area contributed by atoms with Crippen molar-refractivity contribution in [1.29, 1.82) is 0 Å². The molecule has 0 unspecified atom stereocenters. The van der Waals surface area contributed by atoms with Crippen LogP contribution in [0.15, 0.2) is 36.4 Å². The zero-order chi connectivity index (χ0) is 18.7. The van der Waals surface area contributed by atoms with Crippen LogP contribution in [0.5, 0.6) is 23.0 Å². The predicted molar refractivity (Wildman–Crippen MR) is 94.7 cm³/mol. The molecule has 1 aliphatic heterocycles. The summed E-state index contributed by atoms with van der Waals surface area (Å²) >= 11 is 0. The van der Waals surface area contributed by atoms with Crippen LogP contribution in [0.4, 0.5) is 0 Å². The number of aromatic hydroxyl groups is 2. The van der Waals surface area contributed by atoms with Crippen LogP contribution in [0.3, 0.4) is 0 Å². The molecule has 0 bridgehead atoms. The van der Waals surface area contributed by atoms with E-state index in [9.17, 15) is 15.0 Å². The van der Waals surface area contributed by atoms with Gasteiger partial charge >= 0.3 is 5.97 Å². The number of rotatable bonds is 6. The van der Waals surface area contributed by atoms with Crippen LogP contribution in [0.2, 0.25) is 0 Å². The maximum absolute atomic E-state index is 12.2. The molecule has 0 aliphatic carbocycles. The lowest BCUT2D eigenvalue weighted by Gasteiger charge is -2.16. The Bertz CT molecular complexity index is 801. The largest absolute Gasteiger partial charge is 0.504 e. The van der Waals surface area contributed by atoms with Gasteiger partial charge in [0.2, 0.25) is 0 Å². The minimum atomic E-state index is -0.274. The standard InChI is InChI=1S/C20H22O6/c1-24-18-9-12(3-5-16(18)21)7-14-11-26-20(23)15(14)8-13-4-6-17(22)19(10-13)25-2/h3-6,9-10,14-15,21-22H,7-8,11H2,1-2H3/t14-,15+/m1/s1/i11+1,15+1,20+1. The second-order valence-corrected chi connectivity index (χ2v) is 6.42. The lowest BCUT2D eigenvalue weighted by molar-refractivity contribution is -0.141. The molecule has 2 atom stereocenters. The number of esters is 1. The number of hydrogen-bond donors (Lipinski definition) is 2. The summed E-state index contributed by atoms with van der Waals surface area (Å²) in [6.07, 6.45) is 1.15. The fraction of sp³-hybridized carbons (Fsp3) is 0.350. The van der Waals surface area contributed by atoms with E-state index in [1.54, 1.807) is 30.3 Å². The van der Waals surface area contributed by atoms with Crippen LogP contribution in [0.1, 0.15) is 11.1 Å². The Balaban J connectivity index is 1.76. The van der Waals surface area contributed by atoms with Crippen molar-refractivity contribution < 1.29 is 29.2 Å². The topological polar surface area (TPSA) is 85.2 Å². The molecule has 1 heterocycles. The fourth-order valence-electron chi connectivity index (χ4n) is 3.31. The number of ether oxygens (including phenoxy) is 3. The SMILES string of the molecule is COc1cc(C[C@@H]2[13CH2]O[13C](=O)[13C@H]2Cc2ccc(O)c(OC)c2)ccc1O. The zero-order valence-electron chi connectivity index (χ0n) is 14.8. The first-order valence-corrected chi connectivity index (χ1v) is 8.40. The molecule has 6 heteroatoms. The minimum Gasteiger partial charge on any atom is -0.504 e. The summed E-state index contributed by atoms with van der Waals surface area (Å²) in [4.78, 5) is 12.2. The van der Waals surface area contributed by atoms with Crippen LogP contribution >= 0.6 is 0 Å². The first kappa shape index (κ1) is 17.9. The number of phenolic OH excluding ortho intramolecular Hbond substituents is 2. The van der Waals surface area contributed by atoms with Crippen molar-refractivity contribution >= 4 is 5.97 Å². The fourth-order valence-corrected chi connectivity index (χ4v) is 3.31. The van der Waals surface area contributed by atoms with E-state index >= 15 is 0 Å². The van der Waals surface area contributed by atoms with Crippen molar-refractivity contribution in [2.24, 2.45) is 11.8 Å². The van der Waals surface area contributed by atoms with Gasteiger partial charge in [-0.2, -0.15) is 0 Å². The van der Waals surface area contributed by atoms with Gasteiger partial charge in [-0.3, -0.25) is 4.79 Å². The van der Waals surface area contributed by atoms with Crippen molar-refractivity contribution in [2.45, 2.75) is 12.8 Å². The first-order chi connectivity index (χ1) is 12.5. The molecule has 1 saturated heterocycles. The summed E-state index contributed by atoms with van der Waals surface area (Å²) in [6, 6.07) is 10.3. The molecular formula is C20H22O6. The molecule has 6 nitrogen and oxygen atoms in total. The number of benzene rings is 2. The van der Waals surface area contributed by atoms with Gasteiger partial charge in [0.05, 0.1) is 26.7 Å². The van der Waals surface area contributed by atoms with E-state index in [0.717, 1.165) is 11.1 Å². The molecule has 2 aromatic carbocycles. The van der Waals surface area contributed by atoms with E-state index < -0.39 is 0 Å². The molecule has 3 rings (SSSR count). The molecular weight excluding hydrogens is 339 g/mol. The molecule has 1 aliphatic rings. The summed E-state index contributed by atoms with van der Waals surface area (Å²) < 4.78 is 15.6. The first-order valence-electron chi connectivity index (χ1n) is 8.40. The molecule has 0 radical (unpaired) electrons. The highest BCUT2D eigenvalue weighted by molar-refractivity contribution is 5.75. The Labute approximate surface area is 151 Å². The maximum atomic E-state index is 12.2. The lowest BCUT2D eigenvalue weighted by Crippen LogP contribution is -2.20. The number of hydrogen-bond acceptors (Lipinski definition) is 6. The highest BCUT2D eigenvalue weighted by Crippen LogP contribution is 2.34. The zero-order valence-corrected chi connectivity index (χ0v) is 14.8. The summed E-state index contributed by atoms with van der Waals surface area (Å²) in [5, 5.41) is 19.4. The van der Waals surface area contributed by atoms with Crippen LogP contribution in [-0.4, -0.2) is 37.0 Å². The Morgan fingerprint density at radius 2 is 1.50 bits per heavy atom. The Morgan fingerprint density at radius 1 is 0.962 bits per heavy atom. The predicted octanol–water partition coefficient (Wildman–Crippen LogP) is 2.69. The Hall–Kier alpha value is -2.89. The average Bonchev–Trinajstić information content (AvgIpc) is 2.98. The molecule has 0 saturated carbocycles. The van der Waals surface area contributed by atoms with E-state index in [0.29, 0.717) is 30.9 Å². The molecule has 1 fully saturated rings. The van der Waals surface area contributed by atoms with Gasteiger partial charge in [0.25, 0.3) is 0 Å². The summed E-state index contributed by atoms with van der Waals surface area (Å²) in [5.74, 6) is 0.482. The van der Waals surface area contributed by atoms with E-state index in [1.165, 1.54) is 14.2 Å². The van der Waals surface area contributed by atoms with Crippen LogP contribution in [0.25, 0.3) is 0 Å². The van der Waals surface area contributed by atoms with Gasteiger partial charge < -0.3 is 24.4 Å². The van der Waals surface area contributed by atoms with Gasteiger partial charge in [0.15, 0.2) is 23.0 Å². The summed E-state index contributed by atoms with van der Waals surface area (Å²) in [6.45, 7) is 0.363. The van der Waals surface area contributed by atoms with Gasteiger partial charge in [-0.05, 0) is 48.2 Å². The van der Waals surface area contributed by atoms with Crippen LogP contribution < -0.4 is 9.47 Å². The monoisotopic (exact) mass is 361 g/mol. The van der Waals surface area contributed by atoms with E-state index in [2.05, 4.69) is 0 Å². The third-order valence-electron chi connectivity index (χ3n) is 4.75. The molecule has 2 aromatic rings. The second-order valence-electron chi connectivity index (χ2n) is 6.42. The van der Waals surface area contributed by atoms with Gasteiger partial charge in [-0.15, -0.1) is 0 Å². The smallest absolute Gasteiger partial charge is 0.309 e. The number of cyclic esters (lactones) is 1. The number of carbonyl (C=O) groups is 1. The molecule has 0 aromatic heterocycles. The molecule has 2 N–H and O–H groups in total. The van der Waals surface area contributed by atoms with Gasteiger partial charge in [-0.1, -0.05) is 12.1 Å². The number of phenols is 2. The van der Waals surface area contributed by atoms with E-state index in [-0.39, 0.29) is 29.3 Å².